The van der Waals surface area contributed by atoms with Gasteiger partial charge in [-0.25, -0.2) is 4.79 Å². The van der Waals surface area contributed by atoms with E-state index in [4.69, 9.17) is 18.9 Å². The topological polar surface area (TPSA) is 105 Å². The van der Waals surface area contributed by atoms with Crippen molar-refractivity contribution in [2.45, 2.75) is 83.5 Å². The molecule has 8 rings (SSSR count). The molecule has 0 radical (unpaired) electrons. The molecule has 0 N–H and O–H groups in total. The molecule has 8 heteroatoms. The highest BCUT2D eigenvalue weighted by Crippen LogP contribution is 2.73. The fraction of sp³-hybridized carbons (Fsp3) is 0.862. The zero-order chi connectivity index (χ0) is 25.8. The highest BCUT2D eigenvalue weighted by atomic mass is 16.6. The third-order valence-corrected chi connectivity index (χ3v) is 11.9. The van der Waals surface area contributed by atoms with Crippen molar-refractivity contribution < 1.29 is 38.1 Å². The van der Waals surface area contributed by atoms with Crippen molar-refractivity contribution in [1.82, 2.24) is 0 Å². The van der Waals surface area contributed by atoms with Crippen LogP contribution in [0.3, 0.4) is 0 Å². The van der Waals surface area contributed by atoms with Crippen molar-refractivity contribution in [2.24, 2.45) is 65.1 Å². The molecule has 7 aliphatic carbocycles. The minimum absolute atomic E-state index is 0.139. The first-order chi connectivity index (χ1) is 17.8. The summed E-state index contributed by atoms with van der Waals surface area (Å²) in [6.45, 7) is 5.27. The Morgan fingerprint density at radius 2 is 1.78 bits per heavy atom. The Kier molecular flexibility index (Phi) is 5.30. The molecule has 8 aliphatic rings. The van der Waals surface area contributed by atoms with Crippen LogP contribution < -0.4 is 0 Å². The van der Waals surface area contributed by atoms with E-state index in [9.17, 15) is 19.2 Å². The summed E-state index contributed by atoms with van der Waals surface area (Å²) < 4.78 is 23.0. The molecule has 0 aromatic carbocycles. The van der Waals surface area contributed by atoms with Crippen LogP contribution in [0.15, 0.2) is 0 Å². The highest BCUT2D eigenvalue weighted by Gasteiger charge is 2.73. The van der Waals surface area contributed by atoms with Gasteiger partial charge in [-0.05, 0) is 74.5 Å². The molecule has 12 unspecified atom stereocenters. The van der Waals surface area contributed by atoms with Crippen LogP contribution in [-0.4, -0.2) is 48.3 Å². The predicted molar refractivity (Wildman–Crippen MR) is 127 cm³/mol. The second-order valence-corrected chi connectivity index (χ2v) is 13.2. The van der Waals surface area contributed by atoms with Crippen LogP contribution in [-0.2, 0) is 38.1 Å². The number of rotatable bonds is 8. The van der Waals surface area contributed by atoms with Gasteiger partial charge in [-0.2, -0.15) is 0 Å². The first-order valence-electron chi connectivity index (χ1n) is 14.6. The minimum atomic E-state index is -0.705. The van der Waals surface area contributed by atoms with E-state index in [2.05, 4.69) is 6.92 Å². The van der Waals surface area contributed by atoms with Crippen LogP contribution in [0.1, 0.15) is 65.7 Å². The summed E-state index contributed by atoms with van der Waals surface area (Å²) in [5.41, 5.74) is -0.430. The van der Waals surface area contributed by atoms with Gasteiger partial charge in [-0.15, -0.1) is 0 Å². The zero-order valence-corrected chi connectivity index (χ0v) is 21.9. The SMILES string of the molecule is CCC(C)C(=O)OCC(=O)OC1C2CC3C1OC(=O)C3C2C(=O)OC1(CC)CC2CC1C1C3CC(C3)C21. The van der Waals surface area contributed by atoms with E-state index >= 15 is 0 Å². The van der Waals surface area contributed by atoms with Crippen LogP contribution >= 0.6 is 0 Å². The molecule has 0 aromatic rings. The van der Waals surface area contributed by atoms with Crippen molar-refractivity contribution in [3.63, 3.8) is 0 Å². The largest absolute Gasteiger partial charge is 0.459 e. The van der Waals surface area contributed by atoms with Crippen LogP contribution in [0, 0.1) is 65.1 Å². The number of esters is 4. The van der Waals surface area contributed by atoms with Gasteiger partial charge >= 0.3 is 23.9 Å². The molecule has 12 atom stereocenters. The second kappa shape index (κ2) is 8.19. The molecule has 6 bridgehead atoms. The quantitative estimate of drug-likeness (QED) is 0.359. The number of ether oxygens (including phenoxy) is 4. The van der Waals surface area contributed by atoms with Crippen molar-refractivity contribution in [3.8, 4) is 0 Å². The molecule has 7 saturated carbocycles. The minimum Gasteiger partial charge on any atom is -0.459 e. The monoisotopic (exact) mass is 514 g/mol. The van der Waals surface area contributed by atoms with Gasteiger partial charge in [-0.3, -0.25) is 14.4 Å². The first kappa shape index (κ1) is 24.0. The van der Waals surface area contributed by atoms with Crippen LogP contribution in [0.4, 0.5) is 0 Å². The maximum Gasteiger partial charge on any atom is 0.344 e. The van der Waals surface area contributed by atoms with Gasteiger partial charge in [0.25, 0.3) is 0 Å². The molecule has 8 nitrogen and oxygen atoms in total. The Hall–Kier alpha value is -2.12. The standard InChI is InChI=1S/C29H38O8/c1-4-12(3)26(31)34-11-19(30)35-24-17-9-16-22(27(32)36-25(16)24)23(17)28(33)37-29(5-2)10-15-8-18(29)21-14-6-13(7-14)20(15)21/h12-18,20-25H,4-11H2,1-3H3. The summed E-state index contributed by atoms with van der Waals surface area (Å²) >= 11 is 0. The van der Waals surface area contributed by atoms with Crippen LogP contribution in [0.5, 0.6) is 0 Å². The van der Waals surface area contributed by atoms with Crippen molar-refractivity contribution in [3.05, 3.63) is 0 Å². The lowest BCUT2D eigenvalue weighted by molar-refractivity contribution is -0.184. The smallest absolute Gasteiger partial charge is 0.344 e. The molecule has 1 saturated heterocycles. The number of carbonyl (C=O) groups is 4. The van der Waals surface area contributed by atoms with Gasteiger partial charge in [0.1, 0.15) is 17.8 Å². The normalized spacial score (nSPS) is 49.9. The fourth-order valence-corrected chi connectivity index (χ4v) is 10.2. The van der Waals surface area contributed by atoms with E-state index in [1.54, 1.807) is 6.92 Å². The summed E-state index contributed by atoms with van der Waals surface area (Å²) in [4.78, 5) is 51.2. The van der Waals surface area contributed by atoms with Gasteiger partial charge in [-0.1, -0.05) is 20.8 Å². The van der Waals surface area contributed by atoms with E-state index in [1.807, 2.05) is 6.92 Å². The van der Waals surface area contributed by atoms with Gasteiger partial charge < -0.3 is 18.9 Å². The Labute approximate surface area is 217 Å². The molecule has 0 aromatic heterocycles. The number of fused-ring (bicyclic) bond motifs is 3. The van der Waals surface area contributed by atoms with Crippen molar-refractivity contribution >= 4 is 23.9 Å². The third-order valence-electron chi connectivity index (χ3n) is 11.9. The molecular weight excluding hydrogens is 476 g/mol. The Bertz CT molecular complexity index is 1030. The second-order valence-electron chi connectivity index (χ2n) is 13.2. The summed E-state index contributed by atoms with van der Waals surface area (Å²) in [6, 6.07) is 0. The third kappa shape index (κ3) is 3.19. The van der Waals surface area contributed by atoms with E-state index in [-0.39, 0.29) is 29.7 Å². The highest BCUT2D eigenvalue weighted by molar-refractivity contribution is 5.86. The van der Waals surface area contributed by atoms with Crippen molar-refractivity contribution in [1.29, 1.82) is 0 Å². The molecule has 1 heterocycles. The molecule has 1 aliphatic heterocycles. The van der Waals surface area contributed by atoms with Gasteiger partial charge in [0, 0.05) is 17.8 Å². The average Bonchev–Trinajstić information content (AvgIpc) is 3.67. The Morgan fingerprint density at radius 3 is 2.51 bits per heavy atom. The summed E-state index contributed by atoms with van der Waals surface area (Å²) in [5.74, 6) is 0.609. The lowest BCUT2D eigenvalue weighted by atomic mass is 9.71. The molecular formula is C29H38O8. The molecule has 202 valence electrons. The molecule has 8 fully saturated rings. The lowest BCUT2D eigenvalue weighted by Crippen LogP contribution is -2.49. The average molecular weight is 515 g/mol. The number of carbonyl (C=O) groups excluding carboxylic acids is 4. The summed E-state index contributed by atoms with van der Waals surface area (Å²) in [6.07, 6.45) is 5.62. The fourth-order valence-electron chi connectivity index (χ4n) is 10.2. The Balaban J connectivity index is 1.06. The summed E-state index contributed by atoms with van der Waals surface area (Å²) in [5, 5.41) is 0. The van der Waals surface area contributed by atoms with Gasteiger partial charge in [0.2, 0.25) is 0 Å². The Morgan fingerprint density at radius 1 is 1.03 bits per heavy atom. The predicted octanol–water partition coefficient (Wildman–Crippen LogP) is 3.30. The van der Waals surface area contributed by atoms with E-state index in [0.29, 0.717) is 30.6 Å². The summed E-state index contributed by atoms with van der Waals surface area (Å²) in [7, 11) is 0. The zero-order valence-electron chi connectivity index (χ0n) is 21.9. The molecule has 37 heavy (non-hydrogen) atoms. The molecule has 0 amide bonds. The maximum atomic E-state index is 13.9. The van der Waals surface area contributed by atoms with Crippen molar-refractivity contribution in [2.75, 3.05) is 6.61 Å². The van der Waals surface area contributed by atoms with E-state index < -0.39 is 48.2 Å². The van der Waals surface area contributed by atoms with Crippen LogP contribution in [0.25, 0.3) is 0 Å². The van der Waals surface area contributed by atoms with Gasteiger partial charge in [0.15, 0.2) is 6.61 Å². The first-order valence-corrected chi connectivity index (χ1v) is 14.6. The van der Waals surface area contributed by atoms with Crippen LogP contribution in [0.2, 0.25) is 0 Å². The number of hydrogen-bond donors (Lipinski definition) is 0. The van der Waals surface area contributed by atoms with E-state index in [0.717, 1.165) is 30.6 Å². The number of hydrogen-bond acceptors (Lipinski definition) is 8. The van der Waals surface area contributed by atoms with Gasteiger partial charge in [0.05, 0.1) is 17.8 Å². The molecule has 0 spiro atoms. The lowest BCUT2D eigenvalue weighted by Gasteiger charge is -2.43. The maximum absolute atomic E-state index is 13.9. The van der Waals surface area contributed by atoms with E-state index in [1.165, 1.54) is 19.3 Å².